The summed E-state index contributed by atoms with van der Waals surface area (Å²) >= 11 is 0. The zero-order valence-corrected chi connectivity index (χ0v) is 14.4. The first-order valence-electron chi connectivity index (χ1n) is 8.92. The molecule has 5 nitrogen and oxygen atoms in total. The smallest absolute Gasteiger partial charge is 0.243 e. The van der Waals surface area contributed by atoms with Crippen LogP contribution in [-0.2, 0) is 17.8 Å². The molecule has 0 aliphatic carbocycles. The highest BCUT2D eigenvalue weighted by atomic mass is 16.2. The number of para-hydroxylation sites is 2. The molecule has 25 heavy (non-hydrogen) atoms. The Morgan fingerprint density at radius 2 is 2.04 bits per heavy atom. The van der Waals surface area contributed by atoms with Gasteiger partial charge in [0.1, 0.15) is 12.4 Å². The monoisotopic (exact) mass is 334 g/mol. The van der Waals surface area contributed by atoms with Crippen LogP contribution >= 0.6 is 0 Å². The summed E-state index contributed by atoms with van der Waals surface area (Å²) in [6, 6.07) is 14.0. The highest BCUT2D eigenvalue weighted by Gasteiger charge is 2.31. The molecule has 1 saturated heterocycles. The van der Waals surface area contributed by atoms with Gasteiger partial charge in [0.2, 0.25) is 5.91 Å². The van der Waals surface area contributed by atoms with E-state index < -0.39 is 0 Å². The van der Waals surface area contributed by atoms with Gasteiger partial charge in [0.25, 0.3) is 0 Å². The summed E-state index contributed by atoms with van der Waals surface area (Å²) in [6.07, 6.45) is 4.62. The van der Waals surface area contributed by atoms with E-state index in [1.165, 1.54) is 0 Å². The Morgan fingerprint density at radius 1 is 1.20 bits per heavy atom. The third kappa shape index (κ3) is 2.90. The van der Waals surface area contributed by atoms with Gasteiger partial charge in [-0.1, -0.05) is 25.1 Å². The van der Waals surface area contributed by atoms with Gasteiger partial charge >= 0.3 is 0 Å². The van der Waals surface area contributed by atoms with E-state index in [0.717, 1.165) is 48.4 Å². The van der Waals surface area contributed by atoms with E-state index in [9.17, 15) is 4.79 Å². The SMILES string of the molecule is CCc1nc2ccccc2n1CC(=O)N1CCC[C@@H]1c1ccccn1. The predicted octanol–water partition coefficient (Wildman–Crippen LogP) is 3.36. The van der Waals surface area contributed by atoms with Crippen molar-refractivity contribution in [2.75, 3.05) is 6.54 Å². The molecule has 5 heteroatoms. The number of aromatic nitrogens is 3. The number of benzene rings is 1. The van der Waals surface area contributed by atoms with Crippen molar-refractivity contribution in [3.63, 3.8) is 0 Å². The average Bonchev–Trinajstić information content (AvgIpc) is 3.27. The molecule has 0 saturated carbocycles. The number of likely N-dealkylation sites (tertiary alicyclic amines) is 1. The third-order valence-corrected chi connectivity index (χ3v) is 4.95. The Kier molecular flexibility index (Phi) is 4.22. The van der Waals surface area contributed by atoms with Crippen LogP contribution in [0, 0.1) is 0 Å². The Labute approximate surface area is 147 Å². The molecule has 1 amide bonds. The molecule has 0 radical (unpaired) electrons. The number of hydrogen-bond acceptors (Lipinski definition) is 3. The number of carbonyl (C=O) groups is 1. The van der Waals surface area contributed by atoms with Gasteiger partial charge in [-0.3, -0.25) is 9.78 Å². The van der Waals surface area contributed by atoms with Crippen LogP contribution in [0.2, 0.25) is 0 Å². The van der Waals surface area contributed by atoms with Crippen LogP contribution in [0.4, 0.5) is 0 Å². The minimum absolute atomic E-state index is 0.0913. The number of nitrogens with zero attached hydrogens (tertiary/aromatic N) is 4. The number of aryl methyl sites for hydroxylation is 1. The molecule has 0 unspecified atom stereocenters. The molecular formula is C20H22N4O. The zero-order valence-electron chi connectivity index (χ0n) is 14.4. The van der Waals surface area contributed by atoms with Crippen molar-refractivity contribution in [1.82, 2.24) is 19.4 Å². The summed E-state index contributed by atoms with van der Waals surface area (Å²) in [6.45, 7) is 3.22. The lowest BCUT2D eigenvalue weighted by atomic mass is 10.1. The van der Waals surface area contributed by atoms with Crippen molar-refractivity contribution in [3.8, 4) is 0 Å². The zero-order chi connectivity index (χ0) is 17.2. The minimum atomic E-state index is 0.0913. The molecule has 1 aliphatic heterocycles. The summed E-state index contributed by atoms with van der Waals surface area (Å²) in [5.41, 5.74) is 2.97. The van der Waals surface area contributed by atoms with Gasteiger partial charge in [-0.15, -0.1) is 0 Å². The quantitative estimate of drug-likeness (QED) is 0.735. The molecule has 0 spiro atoms. The Balaban J connectivity index is 1.62. The van der Waals surface area contributed by atoms with Gasteiger partial charge in [0, 0.05) is 19.2 Å². The molecule has 0 N–H and O–H groups in total. The average molecular weight is 334 g/mol. The molecule has 1 atom stereocenters. The van der Waals surface area contributed by atoms with Crippen LogP contribution < -0.4 is 0 Å². The van der Waals surface area contributed by atoms with Crippen molar-refractivity contribution in [3.05, 3.63) is 60.2 Å². The number of pyridine rings is 1. The van der Waals surface area contributed by atoms with E-state index >= 15 is 0 Å². The molecule has 4 rings (SSSR count). The number of fused-ring (bicyclic) bond motifs is 1. The van der Waals surface area contributed by atoms with Crippen LogP contribution in [0.15, 0.2) is 48.7 Å². The number of carbonyl (C=O) groups excluding carboxylic acids is 1. The molecule has 1 aromatic carbocycles. The molecule has 1 fully saturated rings. The van der Waals surface area contributed by atoms with Crippen molar-refractivity contribution in [1.29, 1.82) is 0 Å². The summed E-state index contributed by atoms with van der Waals surface area (Å²) in [4.78, 5) is 24.2. The van der Waals surface area contributed by atoms with Gasteiger partial charge in [0.15, 0.2) is 0 Å². The van der Waals surface area contributed by atoms with Gasteiger partial charge in [0.05, 0.1) is 22.8 Å². The van der Waals surface area contributed by atoms with Crippen LogP contribution in [-0.4, -0.2) is 31.9 Å². The highest BCUT2D eigenvalue weighted by molar-refractivity contribution is 5.81. The minimum Gasteiger partial charge on any atom is -0.333 e. The van der Waals surface area contributed by atoms with Crippen LogP contribution in [0.5, 0.6) is 0 Å². The number of rotatable bonds is 4. The first-order valence-corrected chi connectivity index (χ1v) is 8.92. The van der Waals surface area contributed by atoms with E-state index in [0.29, 0.717) is 6.54 Å². The standard InChI is InChI=1S/C20H22N4O/c1-2-19-22-16-9-3-4-10-18(16)24(19)14-20(25)23-13-7-11-17(23)15-8-5-6-12-21-15/h3-6,8-10,12,17H,2,7,11,13-14H2,1H3/t17-/m1/s1. The van der Waals surface area contributed by atoms with Crippen LogP contribution in [0.1, 0.15) is 37.3 Å². The maximum absolute atomic E-state index is 13.1. The summed E-state index contributed by atoms with van der Waals surface area (Å²) < 4.78 is 2.06. The van der Waals surface area contributed by atoms with Gasteiger partial charge in [-0.25, -0.2) is 4.98 Å². The third-order valence-electron chi connectivity index (χ3n) is 4.95. The second-order valence-corrected chi connectivity index (χ2v) is 6.46. The molecule has 3 heterocycles. The molecule has 128 valence electrons. The van der Waals surface area contributed by atoms with Crippen molar-refractivity contribution in [2.45, 2.75) is 38.8 Å². The highest BCUT2D eigenvalue weighted by Crippen LogP contribution is 2.31. The fraction of sp³-hybridized carbons (Fsp3) is 0.350. The predicted molar refractivity (Wildman–Crippen MR) is 97.0 cm³/mol. The fourth-order valence-corrected chi connectivity index (χ4v) is 3.74. The molecule has 1 aliphatic rings. The van der Waals surface area contributed by atoms with Crippen molar-refractivity contribution in [2.24, 2.45) is 0 Å². The maximum Gasteiger partial charge on any atom is 0.243 e. The van der Waals surface area contributed by atoms with Gasteiger partial charge in [-0.05, 0) is 37.1 Å². The summed E-state index contributed by atoms with van der Waals surface area (Å²) in [7, 11) is 0. The first-order chi connectivity index (χ1) is 12.3. The molecular weight excluding hydrogens is 312 g/mol. The summed E-state index contributed by atoms with van der Waals surface area (Å²) in [5, 5.41) is 0. The normalized spacial score (nSPS) is 17.3. The topological polar surface area (TPSA) is 51.0 Å². The Hall–Kier alpha value is -2.69. The largest absolute Gasteiger partial charge is 0.333 e. The summed E-state index contributed by atoms with van der Waals surface area (Å²) in [5.74, 6) is 1.11. The number of amides is 1. The van der Waals surface area contributed by atoms with Crippen LogP contribution in [0.3, 0.4) is 0 Å². The lowest BCUT2D eigenvalue weighted by Crippen LogP contribution is -2.34. The lowest BCUT2D eigenvalue weighted by Gasteiger charge is -2.25. The van der Waals surface area contributed by atoms with E-state index in [4.69, 9.17) is 0 Å². The van der Waals surface area contributed by atoms with E-state index in [2.05, 4.69) is 21.5 Å². The lowest BCUT2D eigenvalue weighted by molar-refractivity contribution is -0.132. The van der Waals surface area contributed by atoms with Crippen LogP contribution in [0.25, 0.3) is 11.0 Å². The first kappa shape index (κ1) is 15.8. The number of imidazole rings is 1. The second kappa shape index (κ2) is 6.67. The molecule has 0 bridgehead atoms. The Bertz CT molecular complexity index is 887. The van der Waals surface area contributed by atoms with Crippen molar-refractivity contribution >= 4 is 16.9 Å². The van der Waals surface area contributed by atoms with Crippen molar-refractivity contribution < 1.29 is 4.79 Å². The van der Waals surface area contributed by atoms with Gasteiger partial charge < -0.3 is 9.47 Å². The maximum atomic E-state index is 13.1. The second-order valence-electron chi connectivity index (χ2n) is 6.46. The molecule has 3 aromatic rings. The molecule has 2 aromatic heterocycles. The Morgan fingerprint density at radius 3 is 2.84 bits per heavy atom. The number of hydrogen-bond donors (Lipinski definition) is 0. The van der Waals surface area contributed by atoms with E-state index in [1.807, 2.05) is 47.4 Å². The van der Waals surface area contributed by atoms with Gasteiger partial charge in [-0.2, -0.15) is 0 Å². The fourth-order valence-electron chi connectivity index (χ4n) is 3.74. The van der Waals surface area contributed by atoms with E-state index in [1.54, 1.807) is 6.20 Å². The van der Waals surface area contributed by atoms with E-state index in [-0.39, 0.29) is 11.9 Å².